The van der Waals surface area contributed by atoms with Gasteiger partial charge in [0, 0.05) is 31.2 Å². The van der Waals surface area contributed by atoms with E-state index in [9.17, 15) is 0 Å². The summed E-state index contributed by atoms with van der Waals surface area (Å²) in [7, 11) is 2.07. The van der Waals surface area contributed by atoms with Crippen LogP contribution in [-0.2, 0) is 4.74 Å². The van der Waals surface area contributed by atoms with Crippen LogP contribution in [0.15, 0.2) is 30.5 Å². The van der Waals surface area contributed by atoms with Crippen molar-refractivity contribution in [1.29, 1.82) is 0 Å². The molecule has 2 aliphatic heterocycles. The highest BCUT2D eigenvalue weighted by atomic mass is 35.5. The number of likely N-dealkylation sites (N-methyl/N-ethyl adjacent to an activating group) is 2. The second-order valence-corrected chi connectivity index (χ2v) is 8.51. The maximum Gasteiger partial charge on any atom is 0.224 e. The maximum atomic E-state index is 5.91. The van der Waals surface area contributed by atoms with Crippen LogP contribution in [0.25, 0.3) is 0 Å². The van der Waals surface area contributed by atoms with Gasteiger partial charge in [-0.3, -0.25) is 0 Å². The number of nitrogens with one attached hydrogen (secondary N) is 1. The van der Waals surface area contributed by atoms with Gasteiger partial charge in [0.25, 0.3) is 0 Å². The third-order valence-corrected chi connectivity index (χ3v) is 6.20. The van der Waals surface area contributed by atoms with Crippen molar-refractivity contribution in [2.24, 2.45) is 5.92 Å². The van der Waals surface area contributed by atoms with Crippen molar-refractivity contribution in [2.75, 3.05) is 41.9 Å². The molecule has 1 aliphatic carbocycles. The lowest BCUT2D eigenvalue weighted by Gasteiger charge is -2.35. The summed E-state index contributed by atoms with van der Waals surface area (Å²) in [6.07, 6.45) is 4.47. The van der Waals surface area contributed by atoms with E-state index in [1.54, 1.807) is 0 Å². The van der Waals surface area contributed by atoms with Gasteiger partial charge in [-0.05, 0) is 49.9 Å². The van der Waals surface area contributed by atoms with Crippen molar-refractivity contribution < 1.29 is 9.47 Å². The second-order valence-electron chi connectivity index (χ2n) is 8.08. The fourth-order valence-corrected chi connectivity index (χ4v) is 4.35. The molecule has 2 fully saturated rings. The number of anilines is 3. The van der Waals surface area contributed by atoms with Crippen LogP contribution in [0, 0.1) is 5.92 Å². The predicted molar refractivity (Wildman–Crippen MR) is 114 cm³/mol. The monoisotopic (exact) mass is 415 g/mol. The second kappa shape index (κ2) is 7.54. The highest BCUT2D eigenvalue weighted by molar-refractivity contribution is 6.30. The summed E-state index contributed by atoms with van der Waals surface area (Å²) in [5.41, 5.74) is 1.05. The number of fused-ring (bicyclic) bond motifs is 2. The van der Waals surface area contributed by atoms with Crippen LogP contribution in [0.4, 0.5) is 17.5 Å². The molecule has 0 amide bonds. The van der Waals surface area contributed by atoms with Crippen LogP contribution in [0.2, 0.25) is 5.02 Å². The van der Waals surface area contributed by atoms with E-state index in [1.165, 1.54) is 0 Å². The summed E-state index contributed by atoms with van der Waals surface area (Å²) >= 11 is 5.91. The fourth-order valence-electron chi connectivity index (χ4n) is 4.22. The molecule has 8 heteroatoms. The normalized spacial score (nSPS) is 27.4. The molecule has 154 valence electrons. The first kappa shape index (κ1) is 18.8. The Kier molecular flexibility index (Phi) is 4.87. The Bertz CT molecular complexity index is 874. The average molecular weight is 416 g/mol. The number of nitrogens with zero attached hydrogens (tertiary/aromatic N) is 4. The van der Waals surface area contributed by atoms with E-state index in [0.717, 1.165) is 54.8 Å². The molecular weight excluding hydrogens is 390 g/mol. The van der Waals surface area contributed by atoms with E-state index in [1.807, 2.05) is 30.5 Å². The lowest BCUT2D eigenvalue weighted by molar-refractivity contribution is 0.167. The van der Waals surface area contributed by atoms with Gasteiger partial charge in [0.2, 0.25) is 5.95 Å². The molecule has 2 aromatic rings. The number of hydrogen-bond acceptors (Lipinski definition) is 7. The molecule has 7 nitrogen and oxygen atoms in total. The molecule has 2 unspecified atom stereocenters. The lowest BCUT2D eigenvalue weighted by Crippen LogP contribution is -2.39. The minimum Gasteiger partial charge on any atom is -0.493 e. The van der Waals surface area contributed by atoms with E-state index in [4.69, 9.17) is 26.1 Å². The van der Waals surface area contributed by atoms with Crippen LogP contribution in [0.5, 0.6) is 5.75 Å². The van der Waals surface area contributed by atoms with Crippen LogP contribution < -0.4 is 19.9 Å². The number of benzene rings is 1. The van der Waals surface area contributed by atoms with Gasteiger partial charge in [-0.2, -0.15) is 4.98 Å². The zero-order chi connectivity index (χ0) is 20.0. The lowest BCUT2D eigenvalue weighted by atomic mass is 9.81. The van der Waals surface area contributed by atoms with E-state index >= 15 is 0 Å². The summed E-state index contributed by atoms with van der Waals surface area (Å²) in [6, 6.07) is 7.91. The molecule has 1 aromatic carbocycles. The van der Waals surface area contributed by atoms with E-state index < -0.39 is 0 Å². The number of hydrogen-bond donors (Lipinski definition) is 1. The standard InChI is InChI=1S/C21H26ClN5O2/c1-3-27-17-10-23-21(25-19(17)26(2)11-18-20(27)29-18)24-15-8-13(9-15)12-28-16-6-4-14(22)5-7-16/h4-7,10,13,15,18,20H,3,8-9,11-12H2,1-2H3,(H,23,24,25). The molecular formula is C21H26ClN5O2. The molecule has 0 bridgehead atoms. The topological polar surface area (TPSA) is 66.0 Å². The van der Waals surface area contributed by atoms with Gasteiger partial charge in [-0.15, -0.1) is 0 Å². The fraction of sp³-hybridized carbons (Fsp3) is 0.524. The van der Waals surface area contributed by atoms with E-state index in [2.05, 4.69) is 34.1 Å². The van der Waals surface area contributed by atoms with E-state index in [-0.39, 0.29) is 12.3 Å². The van der Waals surface area contributed by atoms with Crippen molar-refractivity contribution in [3.05, 3.63) is 35.5 Å². The highest BCUT2D eigenvalue weighted by Gasteiger charge is 2.47. The quantitative estimate of drug-likeness (QED) is 0.725. The van der Waals surface area contributed by atoms with Crippen molar-refractivity contribution in [1.82, 2.24) is 9.97 Å². The summed E-state index contributed by atoms with van der Waals surface area (Å²) < 4.78 is 11.6. The summed E-state index contributed by atoms with van der Waals surface area (Å²) in [6.45, 7) is 4.61. The van der Waals surface area contributed by atoms with Crippen LogP contribution in [0.3, 0.4) is 0 Å². The number of rotatable bonds is 6. The number of epoxide rings is 1. The van der Waals surface area contributed by atoms with Gasteiger partial charge in [0.05, 0.1) is 12.8 Å². The summed E-state index contributed by atoms with van der Waals surface area (Å²) in [5, 5.41) is 4.21. The van der Waals surface area contributed by atoms with Gasteiger partial charge in [0.15, 0.2) is 12.0 Å². The van der Waals surface area contributed by atoms with Gasteiger partial charge in [-0.25, -0.2) is 4.98 Å². The zero-order valence-electron chi connectivity index (χ0n) is 16.7. The predicted octanol–water partition coefficient (Wildman–Crippen LogP) is 3.40. The van der Waals surface area contributed by atoms with Crippen LogP contribution in [0.1, 0.15) is 19.8 Å². The first-order valence-electron chi connectivity index (χ1n) is 10.3. The molecule has 3 heterocycles. The Balaban J connectivity index is 1.17. The summed E-state index contributed by atoms with van der Waals surface area (Å²) in [5.74, 6) is 3.09. The zero-order valence-corrected chi connectivity index (χ0v) is 17.5. The van der Waals surface area contributed by atoms with Crippen molar-refractivity contribution in [3.8, 4) is 5.75 Å². The molecule has 5 rings (SSSR count). The Labute approximate surface area is 176 Å². The highest BCUT2D eigenvalue weighted by Crippen LogP contribution is 2.40. The number of aromatic nitrogens is 2. The Morgan fingerprint density at radius 3 is 2.83 bits per heavy atom. The van der Waals surface area contributed by atoms with Crippen LogP contribution in [-0.4, -0.2) is 55.1 Å². The van der Waals surface area contributed by atoms with Gasteiger partial charge in [0.1, 0.15) is 17.5 Å². The number of ether oxygens (including phenoxy) is 2. The molecule has 1 aromatic heterocycles. The van der Waals surface area contributed by atoms with Crippen LogP contribution >= 0.6 is 11.6 Å². The van der Waals surface area contributed by atoms with Crippen molar-refractivity contribution in [2.45, 2.75) is 38.1 Å². The minimum atomic E-state index is 0.166. The first-order chi connectivity index (χ1) is 14.1. The molecule has 1 saturated heterocycles. The third kappa shape index (κ3) is 3.81. The Hall–Kier alpha value is -2.25. The molecule has 0 spiro atoms. The Morgan fingerprint density at radius 1 is 1.28 bits per heavy atom. The number of halogens is 1. The summed E-state index contributed by atoms with van der Waals surface area (Å²) in [4.78, 5) is 13.8. The molecule has 29 heavy (non-hydrogen) atoms. The SMILES string of the molecule is CCN1c2cnc(NC3CC(COc4ccc(Cl)cc4)C3)nc2N(C)CC2OC21. The molecule has 3 aliphatic rings. The molecule has 1 saturated carbocycles. The molecule has 1 N–H and O–H groups in total. The molecule has 2 atom stereocenters. The van der Waals surface area contributed by atoms with Gasteiger partial charge >= 0.3 is 0 Å². The van der Waals surface area contributed by atoms with Gasteiger partial charge < -0.3 is 24.6 Å². The molecule has 0 radical (unpaired) electrons. The smallest absolute Gasteiger partial charge is 0.224 e. The largest absolute Gasteiger partial charge is 0.493 e. The first-order valence-corrected chi connectivity index (χ1v) is 10.6. The third-order valence-electron chi connectivity index (χ3n) is 5.95. The maximum absolute atomic E-state index is 5.91. The minimum absolute atomic E-state index is 0.166. The van der Waals surface area contributed by atoms with E-state index in [0.29, 0.717) is 17.9 Å². The van der Waals surface area contributed by atoms with Gasteiger partial charge in [-0.1, -0.05) is 11.6 Å². The van der Waals surface area contributed by atoms with Crippen molar-refractivity contribution >= 4 is 29.1 Å². The Morgan fingerprint density at radius 2 is 2.07 bits per heavy atom. The average Bonchev–Trinajstić information content (AvgIpc) is 3.45. The van der Waals surface area contributed by atoms with Crippen molar-refractivity contribution in [3.63, 3.8) is 0 Å².